The minimum Gasteiger partial charge on any atom is -0.294 e. The summed E-state index contributed by atoms with van der Waals surface area (Å²) in [6, 6.07) is 1.12. The second-order valence-corrected chi connectivity index (χ2v) is 7.37. The van der Waals surface area contributed by atoms with E-state index in [1.807, 2.05) is 12.4 Å². The molecule has 0 spiro atoms. The first-order chi connectivity index (χ1) is 9.72. The molecule has 1 aliphatic rings. The lowest BCUT2D eigenvalue weighted by atomic mass is 10.1. The smallest absolute Gasteiger partial charge is 0.107 e. The molecule has 0 radical (unpaired) electrons. The topological polar surface area (TPSA) is 32.3 Å². The quantitative estimate of drug-likeness (QED) is 0.869. The zero-order chi connectivity index (χ0) is 13.9. The Balaban J connectivity index is 1.61. The Kier molecular flexibility index (Phi) is 4.45. The van der Waals surface area contributed by atoms with Crippen LogP contribution in [0.25, 0.3) is 0 Å². The second-order valence-electron chi connectivity index (χ2n) is 5.42. The van der Waals surface area contributed by atoms with Crippen molar-refractivity contribution in [3.05, 3.63) is 33.2 Å². The number of hydrogen-bond donors (Lipinski definition) is 0. The number of hydrogen-bond acceptors (Lipinski definition) is 6. The van der Waals surface area contributed by atoms with Gasteiger partial charge in [0.05, 0.1) is 13.1 Å². The Labute approximate surface area is 128 Å². The van der Waals surface area contributed by atoms with E-state index in [-0.39, 0.29) is 0 Å². The van der Waals surface area contributed by atoms with Gasteiger partial charge in [-0.3, -0.25) is 9.80 Å². The number of thiazole rings is 2. The molecule has 0 saturated carbocycles. The van der Waals surface area contributed by atoms with Gasteiger partial charge >= 0.3 is 0 Å². The summed E-state index contributed by atoms with van der Waals surface area (Å²) in [5.41, 5.74) is 0. The molecular weight excluding hydrogens is 288 g/mol. The van der Waals surface area contributed by atoms with Gasteiger partial charge in [0.2, 0.25) is 0 Å². The normalized spacial score (nSPS) is 25.1. The third-order valence-corrected chi connectivity index (χ3v) is 5.35. The SMILES string of the molecule is CC1CN(Cc2nccs2)CC(C)N1Cc1nccs1. The molecule has 2 aromatic heterocycles. The Morgan fingerprint density at radius 3 is 2.05 bits per heavy atom. The van der Waals surface area contributed by atoms with Crippen molar-refractivity contribution in [2.45, 2.75) is 39.0 Å². The number of aromatic nitrogens is 2. The molecule has 1 aliphatic heterocycles. The molecule has 2 atom stereocenters. The fourth-order valence-electron chi connectivity index (χ4n) is 2.92. The van der Waals surface area contributed by atoms with Gasteiger partial charge in [-0.1, -0.05) is 0 Å². The molecule has 108 valence electrons. The number of nitrogens with zero attached hydrogens (tertiary/aromatic N) is 4. The molecule has 3 rings (SSSR count). The van der Waals surface area contributed by atoms with E-state index >= 15 is 0 Å². The van der Waals surface area contributed by atoms with Crippen LogP contribution in [0.2, 0.25) is 0 Å². The van der Waals surface area contributed by atoms with Gasteiger partial charge < -0.3 is 0 Å². The van der Waals surface area contributed by atoms with Crippen LogP contribution in [0, 0.1) is 0 Å². The summed E-state index contributed by atoms with van der Waals surface area (Å²) in [7, 11) is 0. The number of rotatable bonds is 4. The van der Waals surface area contributed by atoms with E-state index < -0.39 is 0 Å². The van der Waals surface area contributed by atoms with Gasteiger partial charge in [0.25, 0.3) is 0 Å². The van der Waals surface area contributed by atoms with Crippen molar-refractivity contribution in [3.8, 4) is 0 Å². The first kappa shape index (κ1) is 14.1. The Morgan fingerprint density at radius 1 is 1.00 bits per heavy atom. The maximum atomic E-state index is 4.41. The lowest BCUT2D eigenvalue weighted by molar-refractivity contribution is 0.0289. The molecule has 6 heteroatoms. The van der Waals surface area contributed by atoms with Crippen molar-refractivity contribution in [1.82, 2.24) is 19.8 Å². The summed E-state index contributed by atoms with van der Waals surface area (Å²) in [6.07, 6.45) is 3.79. The Morgan fingerprint density at radius 2 is 1.55 bits per heavy atom. The lowest BCUT2D eigenvalue weighted by Crippen LogP contribution is -2.55. The van der Waals surface area contributed by atoms with Gasteiger partial charge in [-0.15, -0.1) is 22.7 Å². The van der Waals surface area contributed by atoms with Crippen LogP contribution >= 0.6 is 22.7 Å². The molecule has 4 nitrogen and oxygen atoms in total. The van der Waals surface area contributed by atoms with E-state index in [1.165, 1.54) is 10.0 Å². The summed E-state index contributed by atoms with van der Waals surface area (Å²) >= 11 is 3.50. The third-order valence-electron chi connectivity index (χ3n) is 3.82. The molecule has 0 aromatic carbocycles. The lowest BCUT2D eigenvalue weighted by Gasteiger charge is -2.44. The molecule has 0 amide bonds. The van der Waals surface area contributed by atoms with Crippen molar-refractivity contribution in [3.63, 3.8) is 0 Å². The highest BCUT2D eigenvalue weighted by molar-refractivity contribution is 7.09. The predicted molar refractivity (Wildman–Crippen MR) is 84.0 cm³/mol. The fourth-order valence-corrected chi connectivity index (χ4v) is 4.20. The molecule has 1 fully saturated rings. The van der Waals surface area contributed by atoms with Crippen LogP contribution in [0.15, 0.2) is 23.2 Å². The molecule has 2 aromatic rings. The van der Waals surface area contributed by atoms with Crippen LogP contribution in [0.3, 0.4) is 0 Å². The van der Waals surface area contributed by atoms with Gasteiger partial charge in [0.15, 0.2) is 0 Å². The average molecular weight is 308 g/mol. The third kappa shape index (κ3) is 3.25. The highest BCUT2D eigenvalue weighted by atomic mass is 32.1. The maximum Gasteiger partial charge on any atom is 0.107 e. The van der Waals surface area contributed by atoms with Crippen LogP contribution in [-0.4, -0.2) is 44.9 Å². The monoisotopic (exact) mass is 308 g/mol. The average Bonchev–Trinajstić information content (AvgIpc) is 3.06. The second kappa shape index (κ2) is 6.30. The molecule has 0 bridgehead atoms. The van der Waals surface area contributed by atoms with Crippen LogP contribution in [0.4, 0.5) is 0 Å². The molecular formula is C14H20N4S2. The summed E-state index contributed by atoms with van der Waals surface area (Å²) in [6.45, 7) is 8.81. The highest BCUT2D eigenvalue weighted by Crippen LogP contribution is 2.21. The summed E-state index contributed by atoms with van der Waals surface area (Å²) < 4.78 is 0. The molecule has 0 aliphatic carbocycles. The maximum absolute atomic E-state index is 4.41. The number of piperazine rings is 1. The summed E-state index contributed by atoms with van der Waals surface area (Å²) in [5, 5.41) is 6.56. The van der Waals surface area contributed by atoms with E-state index in [4.69, 9.17) is 0 Å². The van der Waals surface area contributed by atoms with E-state index in [0.717, 1.165) is 26.2 Å². The van der Waals surface area contributed by atoms with Gasteiger partial charge in [0, 0.05) is 48.3 Å². The van der Waals surface area contributed by atoms with E-state index in [1.54, 1.807) is 22.7 Å². The minimum atomic E-state index is 0.558. The summed E-state index contributed by atoms with van der Waals surface area (Å²) in [5.74, 6) is 0. The standard InChI is InChI=1S/C14H20N4S2/c1-11-7-17(9-13-15-3-5-19-13)8-12(2)18(11)10-14-16-4-6-20-14/h3-6,11-12H,7-10H2,1-2H3. The van der Waals surface area contributed by atoms with Crippen LogP contribution < -0.4 is 0 Å². The zero-order valence-corrected chi connectivity index (χ0v) is 13.5. The van der Waals surface area contributed by atoms with E-state index in [2.05, 4.69) is 44.4 Å². The Hall–Kier alpha value is -0.820. The highest BCUT2D eigenvalue weighted by Gasteiger charge is 2.30. The molecule has 1 saturated heterocycles. The van der Waals surface area contributed by atoms with Crippen molar-refractivity contribution in [1.29, 1.82) is 0 Å². The van der Waals surface area contributed by atoms with Gasteiger partial charge in [-0.2, -0.15) is 0 Å². The molecule has 2 unspecified atom stereocenters. The van der Waals surface area contributed by atoms with Crippen molar-refractivity contribution in [2.24, 2.45) is 0 Å². The van der Waals surface area contributed by atoms with E-state index in [0.29, 0.717) is 12.1 Å². The van der Waals surface area contributed by atoms with Gasteiger partial charge in [0.1, 0.15) is 10.0 Å². The van der Waals surface area contributed by atoms with E-state index in [9.17, 15) is 0 Å². The molecule has 3 heterocycles. The Bertz CT molecular complexity index is 499. The zero-order valence-electron chi connectivity index (χ0n) is 11.9. The van der Waals surface area contributed by atoms with Crippen molar-refractivity contribution < 1.29 is 0 Å². The van der Waals surface area contributed by atoms with Gasteiger partial charge in [-0.25, -0.2) is 9.97 Å². The van der Waals surface area contributed by atoms with Crippen LogP contribution in [0.5, 0.6) is 0 Å². The first-order valence-electron chi connectivity index (χ1n) is 6.97. The fraction of sp³-hybridized carbons (Fsp3) is 0.571. The predicted octanol–water partition coefficient (Wildman–Crippen LogP) is 2.69. The minimum absolute atomic E-state index is 0.558. The van der Waals surface area contributed by atoms with Crippen LogP contribution in [0.1, 0.15) is 23.9 Å². The van der Waals surface area contributed by atoms with Crippen LogP contribution in [-0.2, 0) is 13.1 Å². The summed E-state index contributed by atoms with van der Waals surface area (Å²) in [4.78, 5) is 13.9. The molecule has 0 N–H and O–H groups in total. The largest absolute Gasteiger partial charge is 0.294 e. The first-order valence-corrected chi connectivity index (χ1v) is 8.73. The molecule has 20 heavy (non-hydrogen) atoms. The van der Waals surface area contributed by atoms with Gasteiger partial charge in [-0.05, 0) is 13.8 Å². The van der Waals surface area contributed by atoms with Crippen molar-refractivity contribution in [2.75, 3.05) is 13.1 Å². The van der Waals surface area contributed by atoms with Crippen molar-refractivity contribution >= 4 is 22.7 Å².